The Morgan fingerprint density at radius 2 is 2.46 bits per heavy atom. The first kappa shape index (κ1) is 9.14. The third kappa shape index (κ3) is 2.28. The van der Waals surface area contributed by atoms with E-state index < -0.39 is 10.0 Å². The van der Waals surface area contributed by atoms with E-state index in [-0.39, 0.29) is 6.10 Å². The van der Waals surface area contributed by atoms with Crippen molar-refractivity contribution in [1.82, 2.24) is 4.72 Å². The second-order valence-corrected chi connectivity index (χ2v) is 5.68. The van der Waals surface area contributed by atoms with Crippen LogP contribution < -0.4 is 4.72 Å². The van der Waals surface area contributed by atoms with Crippen LogP contribution in [-0.2, 0) is 14.8 Å². The zero-order valence-corrected chi connectivity index (χ0v) is 8.40. The van der Waals surface area contributed by atoms with E-state index in [1.165, 1.54) is 11.3 Å². The molecule has 0 spiro atoms. The van der Waals surface area contributed by atoms with Gasteiger partial charge in [-0.2, -0.15) is 0 Å². The topological polar surface area (TPSA) is 58.7 Å². The Labute approximate surface area is 80.6 Å². The average molecular weight is 219 g/mol. The van der Waals surface area contributed by atoms with Gasteiger partial charge in [0.25, 0.3) is 0 Å². The third-order valence-electron chi connectivity index (χ3n) is 1.66. The van der Waals surface area contributed by atoms with Crippen molar-refractivity contribution < 1.29 is 13.2 Å². The van der Waals surface area contributed by atoms with Gasteiger partial charge in [0.15, 0.2) is 0 Å². The van der Waals surface area contributed by atoms with Crippen molar-refractivity contribution in [3.8, 4) is 0 Å². The largest absolute Gasteiger partial charge is 0.372 e. The molecule has 1 aromatic rings. The maximum atomic E-state index is 11.5. The molecule has 13 heavy (non-hydrogen) atoms. The highest BCUT2D eigenvalue weighted by Gasteiger charge is 2.25. The standard InChI is InChI=1S/C7H9NO3S2/c9-13(10,7-2-1-3-12-7)8-4-6-5-11-6/h1-3,6,8H,4-5H2/t6-/m1/s1. The van der Waals surface area contributed by atoms with E-state index in [0.29, 0.717) is 17.4 Å². The number of thiophene rings is 1. The minimum Gasteiger partial charge on any atom is -0.372 e. The van der Waals surface area contributed by atoms with Gasteiger partial charge in [0, 0.05) is 6.54 Å². The lowest BCUT2D eigenvalue weighted by Gasteiger charge is -2.00. The van der Waals surface area contributed by atoms with Crippen LogP contribution in [0.25, 0.3) is 0 Å². The van der Waals surface area contributed by atoms with Crippen LogP contribution in [0.1, 0.15) is 0 Å². The molecule has 0 aromatic carbocycles. The van der Waals surface area contributed by atoms with Crippen LogP contribution in [0.4, 0.5) is 0 Å². The first-order valence-electron chi connectivity index (χ1n) is 3.83. The Morgan fingerprint density at radius 1 is 1.69 bits per heavy atom. The number of sulfonamides is 1. The normalized spacial score (nSPS) is 21.7. The van der Waals surface area contributed by atoms with Crippen LogP contribution in [0.15, 0.2) is 21.7 Å². The highest BCUT2D eigenvalue weighted by molar-refractivity contribution is 7.91. The van der Waals surface area contributed by atoms with E-state index in [1.807, 2.05) is 0 Å². The quantitative estimate of drug-likeness (QED) is 0.747. The molecule has 0 saturated carbocycles. The molecule has 1 fully saturated rings. The fraction of sp³-hybridized carbons (Fsp3) is 0.429. The summed E-state index contributed by atoms with van der Waals surface area (Å²) in [5, 5.41) is 1.74. The van der Waals surface area contributed by atoms with Crippen molar-refractivity contribution in [2.45, 2.75) is 10.3 Å². The molecule has 4 nitrogen and oxygen atoms in total. The van der Waals surface area contributed by atoms with Gasteiger partial charge in [0.1, 0.15) is 4.21 Å². The van der Waals surface area contributed by atoms with Crippen molar-refractivity contribution in [2.75, 3.05) is 13.2 Å². The number of hydrogen-bond acceptors (Lipinski definition) is 4. The number of rotatable bonds is 4. The minimum atomic E-state index is -3.28. The van der Waals surface area contributed by atoms with Crippen molar-refractivity contribution in [3.63, 3.8) is 0 Å². The monoisotopic (exact) mass is 219 g/mol. The summed E-state index contributed by atoms with van der Waals surface area (Å²) >= 11 is 1.21. The number of nitrogens with one attached hydrogen (secondary N) is 1. The van der Waals surface area contributed by atoms with Crippen LogP contribution in [0.3, 0.4) is 0 Å². The molecule has 1 atom stereocenters. The summed E-state index contributed by atoms with van der Waals surface area (Å²) in [5.41, 5.74) is 0. The van der Waals surface area contributed by atoms with Crippen molar-refractivity contribution in [3.05, 3.63) is 17.5 Å². The zero-order chi connectivity index (χ0) is 9.31. The van der Waals surface area contributed by atoms with E-state index in [2.05, 4.69) is 4.72 Å². The summed E-state index contributed by atoms with van der Waals surface area (Å²) in [6, 6.07) is 3.30. The Morgan fingerprint density at radius 3 is 3.00 bits per heavy atom. The molecule has 0 aliphatic carbocycles. The van der Waals surface area contributed by atoms with Gasteiger partial charge in [-0.1, -0.05) is 6.07 Å². The Hall–Kier alpha value is -0.430. The van der Waals surface area contributed by atoms with Crippen LogP contribution in [0.2, 0.25) is 0 Å². The van der Waals surface area contributed by atoms with Gasteiger partial charge in [-0.15, -0.1) is 11.3 Å². The molecular formula is C7H9NO3S2. The third-order valence-corrected chi connectivity index (χ3v) is 4.48. The second-order valence-electron chi connectivity index (χ2n) is 2.74. The number of ether oxygens (including phenoxy) is 1. The lowest BCUT2D eigenvalue weighted by Crippen LogP contribution is -2.26. The molecule has 2 heterocycles. The van der Waals surface area contributed by atoms with E-state index in [0.717, 1.165) is 0 Å². The Bertz CT molecular complexity index is 366. The van der Waals surface area contributed by atoms with Crippen LogP contribution in [-0.4, -0.2) is 27.7 Å². The van der Waals surface area contributed by atoms with Crippen molar-refractivity contribution in [2.24, 2.45) is 0 Å². The predicted molar refractivity (Wildman–Crippen MR) is 49.2 cm³/mol. The van der Waals surface area contributed by atoms with Crippen LogP contribution >= 0.6 is 11.3 Å². The summed E-state index contributed by atoms with van der Waals surface area (Å²) < 4.78 is 30.7. The van der Waals surface area contributed by atoms with E-state index in [9.17, 15) is 8.42 Å². The van der Waals surface area contributed by atoms with E-state index in [1.54, 1.807) is 17.5 Å². The Kier molecular flexibility index (Phi) is 2.37. The molecule has 2 rings (SSSR count). The summed E-state index contributed by atoms with van der Waals surface area (Å²) in [6.07, 6.45) is 0.0785. The SMILES string of the molecule is O=S(=O)(NC[C@@H]1CO1)c1cccs1. The van der Waals surface area contributed by atoms with Gasteiger partial charge in [0.05, 0.1) is 12.7 Å². The lowest BCUT2D eigenvalue weighted by atomic mass is 10.5. The molecule has 1 aliphatic rings. The molecule has 6 heteroatoms. The maximum Gasteiger partial charge on any atom is 0.250 e. The van der Waals surface area contributed by atoms with Gasteiger partial charge >= 0.3 is 0 Å². The fourth-order valence-corrected chi connectivity index (χ4v) is 2.98. The minimum absolute atomic E-state index is 0.0785. The van der Waals surface area contributed by atoms with Gasteiger partial charge in [-0.3, -0.25) is 0 Å². The van der Waals surface area contributed by atoms with Gasteiger partial charge < -0.3 is 4.74 Å². The van der Waals surface area contributed by atoms with Gasteiger partial charge in [-0.25, -0.2) is 13.1 Å². The Balaban J connectivity index is 2.02. The molecule has 0 bridgehead atoms. The average Bonchev–Trinajstić information content (AvgIpc) is 2.74. The predicted octanol–water partition coefficient (Wildman–Crippen LogP) is 0.425. The smallest absolute Gasteiger partial charge is 0.250 e. The molecule has 1 saturated heterocycles. The fourth-order valence-electron chi connectivity index (χ4n) is 0.876. The molecule has 1 N–H and O–H groups in total. The number of epoxide rings is 1. The summed E-state index contributed by atoms with van der Waals surface area (Å²) in [6.45, 7) is 1.03. The van der Waals surface area contributed by atoms with Gasteiger partial charge in [-0.05, 0) is 11.4 Å². The molecule has 0 amide bonds. The second kappa shape index (κ2) is 3.38. The highest BCUT2D eigenvalue weighted by atomic mass is 32.2. The first-order valence-corrected chi connectivity index (χ1v) is 6.19. The van der Waals surface area contributed by atoms with Crippen molar-refractivity contribution >= 4 is 21.4 Å². The highest BCUT2D eigenvalue weighted by Crippen LogP contribution is 2.16. The first-order chi connectivity index (χ1) is 6.18. The molecule has 0 radical (unpaired) electrons. The molecule has 0 unspecified atom stereocenters. The summed E-state index contributed by atoms with van der Waals surface area (Å²) in [7, 11) is -3.28. The van der Waals surface area contributed by atoms with Crippen molar-refractivity contribution in [1.29, 1.82) is 0 Å². The van der Waals surface area contributed by atoms with Crippen LogP contribution in [0, 0.1) is 0 Å². The van der Waals surface area contributed by atoms with Gasteiger partial charge in [0.2, 0.25) is 10.0 Å². The molecular weight excluding hydrogens is 210 g/mol. The van der Waals surface area contributed by atoms with Crippen LogP contribution in [0.5, 0.6) is 0 Å². The maximum absolute atomic E-state index is 11.5. The molecule has 1 aliphatic heterocycles. The molecule has 1 aromatic heterocycles. The lowest BCUT2D eigenvalue weighted by molar-refractivity contribution is 0.406. The zero-order valence-electron chi connectivity index (χ0n) is 6.76. The van der Waals surface area contributed by atoms with E-state index >= 15 is 0 Å². The summed E-state index contributed by atoms with van der Waals surface area (Å²) in [4.78, 5) is 0. The van der Waals surface area contributed by atoms with E-state index in [4.69, 9.17) is 4.74 Å². The summed E-state index contributed by atoms with van der Waals surface area (Å²) in [5.74, 6) is 0. The number of hydrogen-bond donors (Lipinski definition) is 1. The molecule has 72 valence electrons.